The van der Waals surface area contributed by atoms with Crippen molar-refractivity contribution in [1.29, 1.82) is 0 Å². The van der Waals surface area contributed by atoms with Crippen LogP contribution in [0.1, 0.15) is 18.1 Å². The summed E-state index contributed by atoms with van der Waals surface area (Å²) in [6, 6.07) is 23.7. The van der Waals surface area contributed by atoms with E-state index >= 15 is 0 Å². The van der Waals surface area contributed by atoms with Crippen LogP contribution in [-0.4, -0.2) is 30.3 Å². The molecule has 0 bridgehead atoms. The molecule has 2 saturated heterocycles. The molecule has 0 unspecified atom stereocenters. The van der Waals surface area contributed by atoms with E-state index in [2.05, 4.69) is 11.9 Å². The molecule has 0 radical (unpaired) electrons. The Morgan fingerprint density at radius 1 is 0.973 bits per heavy atom. The molecule has 6 nitrogen and oxygen atoms in total. The van der Waals surface area contributed by atoms with E-state index in [1.54, 1.807) is 29.2 Å². The third kappa shape index (κ3) is 3.47. The number of nitrogens with zero attached hydrogens (tertiary/aromatic N) is 2. The van der Waals surface area contributed by atoms with E-state index in [-0.39, 0.29) is 17.7 Å². The number of hydrogen-bond acceptors (Lipinski definition) is 4. The van der Waals surface area contributed by atoms with E-state index < -0.39 is 23.4 Å². The molecule has 186 valence electrons. The van der Waals surface area contributed by atoms with Gasteiger partial charge in [0.15, 0.2) is 0 Å². The zero-order chi connectivity index (χ0) is 25.9. The molecule has 3 aliphatic heterocycles. The van der Waals surface area contributed by atoms with E-state index in [0.717, 1.165) is 22.4 Å². The van der Waals surface area contributed by atoms with Crippen molar-refractivity contribution in [2.75, 3.05) is 16.3 Å². The third-order valence-corrected chi connectivity index (χ3v) is 7.89. The fraction of sp³-hybridized carbons (Fsp3) is 0.233. The van der Waals surface area contributed by atoms with Crippen LogP contribution in [0.5, 0.6) is 0 Å². The number of benzene rings is 3. The van der Waals surface area contributed by atoms with Crippen molar-refractivity contribution < 1.29 is 14.4 Å². The van der Waals surface area contributed by atoms with Gasteiger partial charge in [-0.1, -0.05) is 78.4 Å². The first-order valence-electron chi connectivity index (χ1n) is 12.3. The highest BCUT2D eigenvalue weighted by Gasteiger charge is 2.71. The van der Waals surface area contributed by atoms with E-state index in [4.69, 9.17) is 11.6 Å². The first-order chi connectivity index (χ1) is 17.8. The molecule has 1 N–H and O–H groups in total. The topological polar surface area (TPSA) is 69.7 Å². The molecule has 1 spiro atoms. The number of para-hydroxylation sites is 1. The van der Waals surface area contributed by atoms with Crippen molar-refractivity contribution in [3.05, 3.63) is 107 Å². The van der Waals surface area contributed by atoms with Gasteiger partial charge in [-0.15, -0.1) is 0 Å². The molecule has 3 aliphatic rings. The molecule has 3 heterocycles. The van der Waals surface area contributed by atoms with Crippen molar-refractivity contribution >= 4 is 40.7 Å². The van der Waals surface area contributed by atoms with Crippen LogP contribution in [0.4, 0.5) is 11.4 Å². The number of hydrogen-bond donors (Lipinski definition) is 1. The van der Waals surface area contributed by atoms with E-state index in [0.29, 0.717) is 23.7 Å². The van der Waals surface area contributed by atoms with Gasteiger partial charge in [-0.05, 0) is 43.2 Å². The first kappa shape index (κ1) is 23.6. The predicted octanol–water partition coefficient (Wildman–Crippen LogP) is 4.48. The van der Waals surface area contributed by atoms with Crippen LogP contribution in [0.3, 0.4) is 0 Å². The second kappa shape index (κ2) is 8.68. The molecule has 37 heavy (non-hydrogen) atoms. The Bertz CT molecular complexity index is 1460. The lowest BCUT2D eigenvalue weighted by Gasteiger charge is -2.31. The predicted molar refractivity (Wildman–Crippen MR) is 143 cm³/mol. The molecule has 4 atom stereocenters. The Morgan fingerprint density at radius 2 is 1.70 bits per heavy atom. The van der Waals surface area contributed by atoms with Crippen LogP contribution in [0.25, 0.3) is 0 Å². The lowest BCUT2D eigenvalue weighted by Crippen LogP contribution is -2.55. The van der Waals surface area contributed by atoms with Gasteiger partial charge in [0.1, 0.15) is 5.54 Å². The minimum atomic E-state index is -1.35. The molecule has 6 rings (SSSR count). The van der Waals surface area contributed by atoms with Crippen LogP contribution in [0, 0.1) is 11.8 Å². The summed E-state index contributed by atoms with van der Waals surface area (Å²) in [6.07, 6.45) is 0.502. The minimum absolute atomic E-state index is 0.226. The van der Waals surface area contributed by atoms with Gasteiger partial charge in [0.25, 0.3) is 5.91 Å². The SMILES string of the molecule is C=C(C)CN1C(=O)[C@@]2(N[C@@H](Cc3ccccc3)[C@H]3C(=O)N(c4cccc(Cl)c4)C(=O)[C@@H]32)c2ccccc21. The molecule has 0 saturated carbocycles. The first-order valence-corrected chi connectivity index (χ1v) is 12.7. The maximum atomic E-state index is 14.3. The number of carbonyl (C=O) groups is 3. The van der Waals surface area contributed by atoms with Crippen LogP contribution in [0.2, 0.25) is 5.02 Å². The van der Waals surface area contributed by atoms with E-state index in [1.165, 1.54) is 4.90 Å². The number of rotatable bonds is 5. The Morgan fingerprint density at radius 3 is 2.43 bits per heavy atom. The lowest BCUT2D eigenvalue weighted by molar-refractivity contribution is -0.132. The molecule has 7 heteroatoms. The number of halogens is 1. The summed E-state index contributed by atoms with van der Waals surface area (Å²) in [4.78, 5) is 45.4. The molecule has 2 fully saturated rings. The highest BCUT2D eigenvalue weighted by Crippen LogP contribution is 2.55. The Balaban J connectivity index is 1.52. The average molecular weight is 512 g/mol. The van der Waals surface area contributed by atoms with Gasteiger partial charge in [-0.25, -0.2) is 4.90 Å². The number of anilines is 2. The fourth-order valence-electron chi connectivity index (χ4n) is 6.29. The summed E-state index contributed by atoms with van der Waals surface area (Å²) in [5, 5.41) is 3.98. The summed E-state index contributed by atoms with van der Waals surface area (Å²) in [5.41, 5.74) is 2.38. The van der Waals surface area contributed by atoms with Crippen molar-refractivity contribution in [2.45, 2.75) is 24.9 Å². The summed E-state index contributed by atoms with van der Waals surface area (Å²) >= 11 is 6.22. The van der Waals surface area contributed by atoms with Gasteiger partial charge in [-0.3, -0.25) is 19.7 Å². The third-order valence-electron chi connectivity index (χ3n) is 7.66. The molecule has 3 aromatic carbocycles. The average Bonchev–Trinajstić information content (AvgIpc) is 3.44. The van der Waals surface area contributed by atoms with Crippen molar-refractivity contribution in [3.63, 3.8) is 0 Å². The quantitative estimate of drug-likeness (QED) is 0.405. The van der Waals surface area contributed by atoms with Gasteiger partial charge in [0.2, 0.25) is 11.8 Å². The van der Waals surface area contributed by atoms with Crippen molar-refractivity contribution in [3.8, 4) is 0 Å². The molecular formula is C30H26ClN3O3. The van der Waals surface area contributed by atoms with Crippen LogP contribution >= 0.6 is 11.6 Å². The molecule has 0 aromatic heterocycles. The largest absolute Gasteiger partial charge is 0.306 e. The Labute approximate surface area is 220 Å². The molecule has 3 aromatic rings. The van der Waals surface area contributed by atoms with Gasteiger partial charge in [0.05, 0.1) is 17.5 Å². The highest BCUT2D eigenvalue weighted by atomic mass is 35.5. The molecule has 0 aliphatic carbocycles. The van der Waals surface area contributed by atoms with Gasteiger partial charge >= 0.3 is 0 Å². The Kier molecular flexibility index (Phi) is 5.55. The maximum Gasteiger partial charge on any atom is 0.253 e. The highest BCUT2D eigenvalue weighted by molar-refractivity contribution is 6.31. The standard InChI is InChI=1S/C30H26ClN3O3/c1-18(2)17-33-24-14-7-6-13-22(24)30(29(33)37)26-25(23(32-30)15-19-9-4-3-5-10-19)27(35)34(28(26)36)21-12-8-11-20(31)16-21/h3-14,16,23,25-26,32H,1,15,17H2,2H3/t23-,25+,26+,30+/m0/s1. The smallest absolute Gasteiger partial charge is 0.253 e. The summed E-state index contributed by atoms with van der Waals surface area (Å²) in [7, 11) is 0. The zero-order valence-corrected chi connectivity index (χ0v) is 21.1. The van der Waals surface area contributed by atoms with E-state index in [9.17, 15) is 14.4 Å². The summed E-state index contributed by atoms with van der Waals surface area (Å²) in [6.45, 7) is 6.21. The number of amides is 3. The number of imide groups is 1. The molecular weight excluding hydrogens is 486 g/mol. The normalized spacial score (nSPS) is 26.2. The fourth-order valence-corrected chi connectivity index (χ4v) is 6.47. The van der Waals surface area contributed by atoms with Crippen molar-refractivity contribution in [2.24, 2.45) is 11.8 Å². The minimum Gasteiger partial charge on any atom is -0.306 e. The van der Waals surface area contributed by atoms with Crippen LogP contribution < -0.4 is 15.1 Å². The van der Waals surface area contributed by atoms with Crippen molar-refractivity contribution in [1.82, 2.24) is 5.32 Å². The Hall–Kier alpha value is -3.74. The van der Waals surface area contributed by atoms with Gasteiger partial charge in [0, 0.05) is 28.9 Å². The lowest BCUT2D eigenvalue weighted by atomic mass is 9.76. The summed E-state index contributed by atoms with van der Waals surface area (Å²) in [5.74, 6) is -2.53. The maximum absolute atomic E-state index is 14.3. The number of carbonyl (C=O) groups excluding carboxylic acids is 3. The monoisotopic (exact) mass is 511 g/mol. The molecule has 3 amide bonds. The number of nitrogens with one attached hydrogen (secondary N) is 1. The van der Waals surface area contributed by atoms with Gasteiger partial charge < -0.3 is 4.90 Å². The number of fused-ring (bicyclic) bond motifs is 4. The van der Waals surface area contributed by atoms with Crippen LogP contribution in [0.15, 0.2) is 91.0 Å². The summed E-state index contributed by atoms with van der Waals surface area (Å²) < 4.78 is 0. The second-order valence-corrected chi connectivity index (χ2v) is 10.5. The van der Waals surface area contributed by atoms with E-state index in [1.807, 2.05) is 61.5 Å². The second-order valence-electron chi connectivity index (χ2n) is 10.1. The zero-order valence-electron chi connectivity index (χ0n) is 20.4. The van der Waals surface area contributed by atoms with Gasteiger partial charge in [-0.2, -0.15) is 0 Å². The van der Waals surface area contributed by atoms with Crippen LogP contribution in [-0.2, 0) is 26.3 Å².